The van der Waals surface area contributed by atoms with Gasteiger partial charge in [-0.3, -0.25) is 9.59 Å². The molecule has 2 N–H and O–H groups in total. The summed E-state index contributed by atoms with van der Waals surface area (Å²) in [6.45, 7) is 5.57. The Morgan fingerprint density at radius 3 is 2.67 bits per heavy atom. The van der Waals surface area contributed by atoms with Crippen molar-refractivity contribution in [2.75, 3.05) is 0 Å². The van der Waals surface area contributed by atoms with Gasteiger partial charge in [-0.15, -0.1) is 11.3 Å². The zero-order valence-corrected chi connectivity index (χ0v) is 11.6. The van der Waals surface area contributed by atoms with Crippen LogP contribution in [0.2, 0.25) is 0 Å². The molecule has 1 atom stereocenters. The molecule has 0 aromatic carbocycles. The Balaban J connectivity index is 2.55. The van der Waals surface area contributed by atoms with E-state index in [2.05, 4.69) is 10.3 Å². The molecular weight excluding hydrogens is 252 g/mol. The SMILES string of the molecule is CC(C)C(C)(CC(=O)NCc1nccs1)C(=O)O. The predicted molar refractivity (Wildman–Crippen MR) is 69.2 cm³/mol. The minimum Gasteiger partial charge on any atom is -0.481 e. The van der Waals surface area contributed by atoms with E-state index in [4.69, 9.17) is 0 Å². The van der Waals surface area contributed by atoms with Crippen molar-refractivity contribution in [3.05, 3.63) is 16.6 Å². The van der Waals surface area contributed by atoms with E-state index in [0.717, 1.165) is 5.01 Å². The number of carbonyl (C=O) groups excluding carboxylic acids is 1. The van der Waals surface area contributed by atoms with Gasteiger partial charge in [-0.1, -0.05) is 13.8 Å². The number of amides is 1. The topological polar surface area (TPSA) is 79.3 Å². The first-order valence-corrected chi connectivity index (χ1v) is 6.62. The summed E-state index contributed by atoms with van der Waals surface area (Å²) in [5.74, 6) is -1.31. The second-order valence-corrected chi connectivity index (χ2v) is 5.74. The minimum atomic E-state index is -1.03. The third kappa shape index (κ3) is 3.53. The van der Waals surface area contributed by atoms with Gasteiger partial charge in [-0.25, -0.2) is 4.98 Å². The monoisotopic (exact) mass is 270 g/mol. The highest BCUT2D eigenvalue weighted by atomic mass is 32.1. The van der Waals surface area contributed by atoms with Gasteiger partial charge in [0.1, 0.15) is 5.01 Å². The molecular formula is C12H18N2O3S. The van der Waals surface area contributed by atoms with Crippen molar-refractivity contribution in [2.24, 2.45) is 11.3 Å². The average molecular weight is 270 g/mol. The molecule has 1 rings (SSSR count). The Hall–Kier alpha value is -1.43. The molecule has 1 unspecified atom stereocenters. The van der Waals surface area contributed by atoms with Crippen molar-refractivity contribution in [1.82, 2.24) is 10.3 Å². The summed E-state index contributed by atoms with van der Waals surface area (Å²) in [6.07, 6.45) is 1.65. The average Bonchev–Trinajstić information content (AvgIpc) is 2.78. The van der Waals surface area contributed by atoms with Crippen molar-refractivity contribution in [3.63, 3.8) is 0 Å². The number of aliphatic carboxylic acids is 1. The van der Waals surface area contributed by atoms with E-state index in [9.17, 15) is 14.7 Å². The largest absolute Gasteiger partial charge is 0.481 e. The van der Waals surface area contributed by atoms with Gasteiger partial charge in [0.25, 0.3) is 0 Å². The number of hydrogen-bond acceptors (Lipinski definition) is 4. The molecule has 1 aromatic heterocycles. The number of thiazole rings is 1. The van der Waals surface area contributed by atoms with E-state index in [1.54, 1.807) is 13.1 Å². The summed E-state index contributed by atoms with van der Waals surface area (Å²) in [5, 5.41) is 14.6. The fraction of sp³-hybridized carbons (Fsp3) is 0.583. The van der Waals surface area contributed by atoms with Gasteiger partial charge >= 0.3 is 5.97 Å². The Morgan fingerprint density at radius 2 is 2.22 bits per heavy atom. The third-order valence-corrected chi connectivity index (χ3v) is 3.99. The highest BCUT2D eigenvalue weighted by Crippen LogP contribution is 2.31. The molecule has 0 bridgehead atoms. The summed E-state index contributed by atoms with van der Waals surface area (Å²) in [5.41, 5.74) is -1.03. The number of carboxylic acids is 1. The van der Waals surface area contributed by atoms with Crippen molar-refractivity contribution in [2.45, 2.75) is 33.7 Å². The summed E-state index contributed by atoms with van der Waals surface area (Å²) < 4.78 is 0. The predicted octanol–water partition coefficient (Wildman–Crippen LogP) is 1.90. The van der Waals surface area contributed by atoms with Crippen LogP contribution in [-0.2, 0) is 16.1 Å². The van der Waals surface area contributed by atoms with E-state index in [-0.39, 0.29) is 18.2 Å². The van der Waals surface area contributed by atoms with Crippen molar-refractivity contribution in [1.29, 1.82) is 0 Å². The van der Waals surface area contributed by atoms with Gasteiger partial charge in [-0.05, 0) is 12.8 Å². The van der Waals surface area contributed by atoms with E-state index in [1.807, 2.05) is 19.2 Å². The first-order chi connectivity index (χ1) is 8.36. The number of nitrogens with zero attached hydrogens (tertiary/aromatic N) is 1. The van der Waals surface area contributed by atoms with Gasteiger partial charge in [0.05, 0.1) is 12.0 Å². The number of rotatable bonds is 6. The molecule has 0 radical (unpaired) electrons. The van der Waals surface area contributed by atoms with Gasteiger partial charge in [0.2, 0.25) is 5.91 Å². The van der Waals surface area contributed by atoms with Crippen LogP contribution in [0.1, 0.15) is 32.2 Å². The van der Waals surface area contributed by atoms with Crippen LogP contribution in [0.3, 0.4) is 0 Å². The van der Waals surface area contributed by atoms with Crippen LogP contribution in [0, 0.1) is 11.3 Å². The lowest BCUT2D eigenvalue weighted by atomic mass is 9.76. The van der Waals surface area contributed by atoms with E-state index in [0.29, 0.717) is 6.54 Å². The third-order valence-electron chi connectivity index (χ3n) is 3.21. The normalized spacial score (nSPS) is 14.2. The zero-order chi connectivity index (χ0) is 13.8. The second kappa shape index (κ2) is 5.95. The fourth-order valence-electron chi connectivity index (χ4n) is 1.44. The lowest BCUT2D eigenvalue weighted by Crippen LogP contribution is -2.39. The van der Waals surface area contributed by atoms with Crippen LogP contribution < -0.4 is 5.32 Å². The van der Waals surface area contributed by atoms with Crippen LogP contribution in [0.4, 0.5) is 0 Å². The molecule has 0 fully saturated rings. The molecule has 0 saturated heterocycles. The molecule has 1 heterocycles. The Kier molecular flexibility index (Phi) is 4.84. The molecule has 0 aliphatic rings. The number of nitrogens with one attached hydrogen (secondary N) is 1. The summed E-state index contributed by atoms with van der Waals surface area (Å²) in [7, 11) is 0. The smallest absolute Gasteiger partial charge is 0.310 e. The Morgan fingerprint density at radius 1 is 1.56 bits per heavy atom. The van der Waals surface area contributed by atoms with Crippen LogP contribution in [-0.4, -0.2) is 22.0 Å². The van der Waals surface area contributed by atoms with E-state index in [1.165, 1.54) is 11.3 Å². The van der Waals surface area contributed by atoms with Crippen molar-refractivity contribution in [3.8, 4) is 0 Å². The van der Waals surface area contributed by atoms with Gasteiger partial charge < -0.3 is 10.4 Å². The van der Waals surface area contributed by atoms with Crippen LogP contribution >= 0.6 is 11.3 Å². The molecule has 0 aliphatic carbocycles. The fourth-order valence-corrected chi connectivity index (χ4v) is 1.99. The number of carboxylic acid groups (broad SMARTS) is 1. The molecule has 1 aromatic rings. The standard InChI is InChI=1S/C12H18N2O3S/c1-8(2)12(3,11(16)17)6-9(15)14-7-10-13-4-5-18-10/h4-5,8H,6-7H2,1-3H3,(H,14,15)(H,16,17). The van der Waals surface area contributed by atoms with E-state index >= 15 is 0 Å². The molecule has 6 heteroatoms. The molecule has 0 saturated carbocycles. The summed E-state index contributed by atoms with van der Waals surface area (Å²) >= 11 is 1.45. The minimum absolute atomic E-state index is 0.0224. The van der Waals surface area contributed by atoms with Crippen LogP contribution in [0.25, 0.3) is 0 Å². The van der Waals surface area contributed by atoms with Gasteiger partial charge in [0, 0.05) is 18.0 Å². The summed E-state index contributed by atoms with van der Waals surface area (Å²) in [6, 6.07) is 0. The van der Waals surface area contributed by atoms with Crippen LogP contribution in [0.15, 0.2) is 11.6 Å². The van der Waals surface area contributed by atoms with Gasteiger partial charge in [0.15, 0.2) is 0 Å². The first-order valence-electron chi connectivity index (χ1n) is 5.74. The van der Waals surface area contributed by atoms with E-state index < -0.39 is 11.4 Å². The highest BCUT2D eigenvalue weighted by Gasteiger charge is 2.38. The van der Waals surface area contributed by atoms with Gasteiger partial charge in [-0.2, -0.15) is 0 Å². The van der Waals surface area contributed by atoms with Crippen molar-refractivity contribution < 1.29 is 14.7 Å². The molecule has 0 spiro atoms. The maximum Gasteiger partial charge on any atom is 0.310 e. The number of hydrogen-bond donors (Lipinski definition) is 2. The Bertz CT molecular complexity index is 417. The molecule has 5 nitrogen and oxygen atoms in total. The Labute approximate surface area is 110 Å². The lowest BCUT2D eigenvalue weighted by molar-refractivity contribution is -0.153. The highest BCUT2D eigenvalue weighted by molar-refractivity contribution is 7.09. The van der Waals surface area contributed by atoms with Crippen molar-refractivity contribution >= 4 is 23.2 Å². The molecule has 18 heavy (non-hydrogen) atoms. The lowest BCUT2D eigenvalue weighted by Gasteiger charge is -2.28. The summed E-state index contributed by atoms with van der Waals surface area (Å²) in [4.78, 5) is 27.0. The first kappa shape index (κ1) is 14.6. The van der Waals surface area contributed by atoms with Crippen LogP contribution in [0.5, 0.6) is 0 Å². The number of carbonyl (C=O) groups is 2. The molecule has 100 valence electrons. The molecule has 1 amide bonds. The quantitative estimate of drug-likeness (QED) is 0.827. The number of aromatic nitrogens is 1. The maximum absolute atomic E-state index is 11.8. The molecule has 0 aliphatic heterocycles. The maximum atomic E-state index is 11.8. The zero-order valence-electron chi connectivity index (χ0n) is 10.8. The second-order valence-electron chi connectivity index (χ2n) is 4.76.